The van der Waals surface area contributed by atoms with E-state index in [1.165, 1.54) is 0 Å². The molecule has 28 heavy (non-hydrogen) atoms. The highest BCUT2D eigenvalue weighted by molar-refractivity contribution is 14.0. The Morgan fingerprint density at radius 3 is 2.54 bits per heavy atom. The average molecular weight is 492 g/mol. The molecular formula is C20H25IN6O. The van der Waals surface area contributed by atoms with E-state index in [4.69, 9.17) is 4.74 Å². The van der Waals surface area contributed by atoms with Gasteiger partial charge in [-0.1, -0.05) is 30.3 Å². The van der Waals surface area contributed by atoms with E-state index in [1.807, 2.05) is 60.3 Å². The highest BCUT2D eigenvalue weighted by atomic mass is 127. The summed E-state index contributed by atoms with van der Waals surface area (Å²) in [4.78, 5) is 8.52. The Hall–Kier alpha value is -2.62. The molecule has 2 aromatic heterocycles. The number of hydrogen-bond acceptors (Lipinski definition) is 4. The molecule has 7 nitrogen and oxygen atoms in total. The van der Waals surface area contributed by atoms with E-state index in [0.29, 0.717) is 25.6 Å². The first kappa shape index (κ1) is 21.7. The zero-order valence-corrected chi connectivity index (χ0v) is 18.3. The number of ether oxygens (including phenoxy) is 1. The largest absolute Gasteiger partial charge is 0.473 e. The molecule has 0 radical (unpaired) electrons. The number of hydrogen-bond donors (Lipinski definition) is 2. The average Bonchev–Trinajstić information content (AvgIpc) is 3.12. The zero-order valence-electron chi connectivity index (χ0n) is 16.0. The first-order valence-corrected chi connectivity index (χ1v) is 8.77. The predicted molar refractivity (Wildman–Crippen MR) is 121 cm³/mol. The van der Waals surface area contributed by atoms with Crippen LogP contribution in [0.4, 0.5) is 0 Å². The fourth-order valence-electron chi connectivity index (χ4n) is 2.53. The second kappa shape index (κ2) is 11.3. The number of benzene rings is 1. The summed E-state index contributed by atoms with van der Waals surface area (Å²) in [7, 11) is 3.67. The van der Waals surface area contributed by atoms with Crippen LogP contribution < -0.4 is 15.4 Å². The van der Waals surface area contributed by atoms with Gasteiger partial charge in [0.2, 0.25) is 5.88 Å². The van der Waals surface area contributed by atoms with Crippen LogP contribution in [0, 0.1) is 0 Å². The van der Waals surface area contributed by atoms with Crippen molar-refractivity contribution in [3.05, 3.63) is 77.7 Å². The minimum atomic E-state index is 0. The van der Waals surface area contributed by atoms with E-state index in [2.05, 4.69) is 25.7 Å². The lowest BCUT2D eigenvalue weighted by molar-refractivity contribution is 0.293. The summed E-state index contributed by atoms with van der Waals surface area (Å²) in [6, 6.07) is 15.9. The molecule has 0 atom stereocenters. The molecule has 0 fully saturated rings. The number of pyridine rings is 1. The highest BCUT2D eigenvalue weighted by Gasteiger charge is 2.03. The van der Waals surface area contributed by atoms with Gasteiger partial charge in [0.05, 0.1) is 12.2 Å². The Bertz CT molecular complexity index is 881. The quantitative estimate of drug-likeness (QED) is 0.302. The second-order valence-corrected chi connectivity index (χ2v) is 6.00. The van der Waals surface area contributed by atoms with Crippen LogP contribution in [-0.4, -0.2) is 27.8 Å². The molecule has 0 bridgehead atoms. The molecule has 3 aromatic rings. The van der Waals surface area contributed by atoms with E-state index in [0.717, 1.165) is 22.8 Å². The fraction of sp³-hybridized carbons (Fsp3) is 0.250. The van der Waals surface area contributed by atoms with E-state index in [1.54, 1.807) is 19.4 Å². The smallest absolute Gasteiger partial charge is 0.213 e. The van der Waals surface area contributed by atoms with Crippen molar-refractivity contribution in [3.8, 4) is 5.88 Å². The third-order valence-electron chi connectivity index (χ3n) is 4.07. The maximum absolute atomic E-state index is 5.78. The predicted octanol–water partition coefficient (Wildman–Crippen LogP) is 2.88. The summed E-state index contributed by atoms with van der Waals surface area (Å²) in [6.45, 7) is 1.77. The van der Waals surface area contributed by atoms with Crippen LogP contribution in [0.3, 0.4) is 0 Å². The zero-order chi connectivity index (χ0) is 18.9. The standard InChI is InChI=1S/C20H24N6O.HI/c1-21-20(24-14-18-9-11-25-26(18)2)23-13-17-8-10-22-19(12-17)27-15-16-6-4-3-5-7-16;/h3-12H,13-15H2,1-2H3,(H2,21,23,24);1H. The normalized spacial score (nSPS) is 10.9. The number of guanidine groups is 1. The number of nitrogens with one attached hydrogen (secondary N) is 2. The molecule has 0 aliphatic carbocycles. The van der Waals surface area contributed by atoms with E-state index in [-0.39, 0.29) is 24.0 Å². The van der Waals surface area contributed by atoms with Crippen LogP contribution in [-0.2, 0) is 26.7 Å². The highest BCUT2D eigenvalue weighted by Crippen LogP contribution is 2.11. The summed E-state index contributed by atoms with van der Waals surface area (Å²) >= 11 is 0. The molecule has 148 valence electrons. The van der Waals surface area contributed by atoms with Crippen molar-refractivity contribution in [1.29, 1.82) is 0 Å². The van der Waals surface area contributed by atoms with Crippen LogP contribution in [0.25, 0.3) is 0 Å². The molecule has 0 saturated heterocycles. The van der Waals surface area contributed by atoms with Crippen molar-refractivity contribution < 1.29 is 4.74 Å². The van der Waals surface area contributed by atoms with Crippen molar-refractivity contribution in [1.82, 2.24) is 25.4 Å². The molecule has 1 aromatic carbocycles. The van der Waals surface area contributed by atoms with Crippen molar-refractivity contribution >= 4 is 29.9 Å². The number of aliphatic imine (C=N–C) groups is 1. The molecular weight excluding hydrogens is 467 g/mol. The number of aryl methyl sites for hydroxylation is 1. The van der Waals surface area contributed by atoms with Gasteiger partial charge in [0, 0.05) is 39.1 Å². The molecule has 2 N–H and O–H groups in total. The Balaban J connectivity index is 0.00000280. The van der Waals surface area contributed by atoms with Crippen LogP contribution in [0.1, 0.15) is 16.8 Å². The van der Waals surface area contributed by atoms with Gasteiger partial charge in [-0.3, -0.25) is 9.67 Å². The first-order valence-electron chi connectivity index (χ1n) is 8.77. The SMILES string of the molecule is CN=C(NCc1ccnc(OCc2ccccc2)c1)NCc1ccnn1C.I. The lowest BCUT2D eigenvalue weighted by Crippen LogP contribution is -2.36. The molecule has 0 spiro atoms. The summed E-state index contributed by atoms with van der Waals surface area (Å²) in [5.74, 6) is 1.33. The number of halogens is 1. The second-order valence-electron chi connectivity index (χ2n) is 6.00. The van der Waals surface area contributed by atoms with Gasteiger partial charge in [-0.2, -0.15) is 5.10 Å². The maximum atomic E-state index is 5.78. The van der Waals surface area contributed by atoms with Crippen LogP contribution in [0.5, 0.6) is 5.88 Å². The van der Waals surface area contributed by atoms with E-state index < -0.39 is 0 Å². The molecule has 0 aliphatic heterocycles. The van der Waals surface area contributed by atoms with E-state index in [9.17, 15) is 0 Å². The molecule has 8 heteroatoms. The molecule has 2 heterocycles. The van der Waals surface area contributed by atoms with Crippen LogP contribution >= 0.6 is 24.0 Å². The van der Waals surface area contributed by atoms with Gasteiger partial charge in [0.15, 0.2) is 5.96 Å². The molecule has 0 saturated carbocycles. The van der Waals surface area contributed by atoms with Crippen molar-refractivity contribution in [3.63, 3.8) is 0 Å². The third-order valence-corrected chi connectivity index (χ3v) is 4.07. The lowest BCUT2D eigenvalue weighted by Gasteiger charge is -2.12. The summed E-state index contributed by atoms with van der Waals surface area (Å²) in [6.07, 6.45) is 3.53. The van der Waals surface area contributed by atoms with Crippen molar-refractivity contribution in [2.75, 3.05) is 7.05 Å². The number of rotatable bonds is 7. The Labute approximate surface area is 182 Å². The Kier molecular flexibility index (Phi) is 8.73. The monoisotopic (exact) mass is 492 g/mol. The fourth-order valence-corrected chi connectivity index (χ4v) is 2.53. The summed E-state index contributed by atoms with van der Waals surface area (Å²) in [5, 5.41) is 10.7. The number of nitrogens with zero attached hydrogens (tertiary/aromatic N) is 4. The minimum absolute atomic E-state index is 0. The van der Waals surface area contributed by atoms with Gasteiger partial charge in [-0.25, -0.2) is 4.98 Å². The molecule has 0 unspecified atom stereocenters. The third kappa shape index (κ3) is 6.52. The van der Waals surface area contributed by atoms with Gasteiger partial charge in [0.25, 0.3) is 0 Å². The first-order chi connectivity index (χ1) is 13.2. The van der Waals surface area contributed by atoms with Crippen molar-refractivity contribution in [2.24, 2.45) is 12.0 Å². The van der Waals surface area contributed by atoms with Gasteiger partial charge in [-0.05, 0) is 23.3 Å². The van der Waals surface area contributed by atoms with Crippen molar-refractivity contribution in [2.45, 2.75) is 19.7 Å². The summed E-state index contributed by atoms with van der Waals surface area (Å²) < 4.78 is 7.61. The van der Waals surface area contributed by atoms with Crippen LogP contribution in [0.2, 0.25) is 0 Å². The molecule has 3 rings (SSSR count). The van der Waals surface area contributed by atoms with Crippen LogP contribution in [0.15, 0.2) is 65.9 Å². The van der Waals surface area contributed by atoms with Gasteiger partial charge < -0.3 is 15.4 Å². The van der Waals surface area contributed by atoms with Gasteiger partial charge >= 0.3 is 0 Å². The Morgan fingerprint density at radius 2 is 1.82 bits per heavy atom. The van der Waals surface area contributed by atoms with Gasteiger partial charge in [0.1, 0.15) is 6.61 Å². The number of aromatic nitrogens is 3. The summed E-state index contributed by atoms with van der Waals surface area (Å²) in [5.41, 5.74) is 3.26. The molecule has 0 amide bonds. The van der Waals surface area contributed by atoms with Gasteiger partial charge in [-0.15, -0.1) is 24.0 Å². The Morgan fingerprint density at radius 1 is 1.04 bits per heavy atom. The lowest BCUT2D eigenvalue weighted by atomic mass is 10.2. The molecule has 0 aliphatic rings. The van der Waals surface area contributed by atoms with E-state index >= 15 is 0 Å². The minimum Gasteiger partial charge on any atom is -0.473 e. The maximum Gasteiger partial charge on any atom is 0.213 e. The topological polar surface area (TPSA) is 76.4 Å².